The van der Waals surface area contributed by atoms with Gasteiger partial charge in [0.2, 0.25) is 0 Å². The van der Waals surface area contributed by atoms with Gasteiger partial charge in [-0.3, -0.25) is 0 Å². The number of rotatable bonds is 6. The van der Waals surface area contributed by atoms with Crippen molar-refractivity contribution in [2.75, 3.05) is 4.90 Å². The number of para-hydroxylation sites is 2. The largest absolute Gasteiger partial charge is 0.456 e. The molecule has 0 saturated heterocycles. The first-order valence-electron chi connectivity index (χ1n) is 19.2. The summed E-state index contributed by atoms with van der Waals surface area (Å²) in [6, 6.07) is 76.3. The molecule has 0 fully saturated rings. The van der Waals surface area contributed by atoms with Crippen molar-refractivity contribution in [3.8, 4) is 33.4 Å². The highest BCUT2D eigenvalue weighted by atomic mass is 16.3. The third kappa shape index (κ3) is 5.26. The number of hydrogen-bond acceptors (Lipinski definition) is 2. The molecule has 2 nitrogen and oxygen atoms in total. The molecule has 262 valence electrons. The first-order chi connectivity index (χ1) is 27.8. The zero-order chi connectivity index (χ0) is 37.0. The molecule has 0 amide bonds. The first-order valence-corrected chi connectivity index (χ1v) is 19.2. The third-order valence-electron chi connectivity index (χ3n) is 11.2. The van der Waals surface area contributed by atoms with Gasteiger partial charge in [-0.2, -0.15) is 0 Å². The van der Waals surface area contributed by atoms with Gasteiger partial charge in [0.25, 0.3) is 0 Å². The van der Waals surface area contributed by atoms with Crippen molar-refractivity contribution in [2.45, 2.75) is 0 Å². The smallest absolute Gasteiger partial charge is 0.136 e. The van der Waals surface area contributed by atoms with E-state index in [0.29, 0.717) is 0 Å². The zero-order valence-electron chi connectivity index (χ0n) is 30.6. The van der Waals surface area contributed by atoms with Gasteiger partial charge in [-0.15, -0.1) is 0 Å². The number of anilines is 3. The molecule has 0 spiro atoms. The van der Waals surface area contributed by atoms with E-state index < -0.39 is 0 Å². The van der Waals surface area contributed by atoms with Crippen LogP contribution in [0.4, 0.5) is 17.1 Å². The Balaban J connectivity index is 1.04. The van der Waals surface area contributed by atoms with Crippen molar-refractivity contribution in [1.29, 1.82) is 0 Å². The SMILES string of the molecule is c1ccc(-c2ccc(-c3ccc(N(c4ccccc4)c4cccc(-c5cccc6c7ccc8oc9ccccc9c8c7c7ccccc7c56)c4)cc3)cc2)cc1. The zero-order valence-corrected chi connectivity index (χ0v) is 30.6. The number of fused-ring (bicyclic) bond motifs is 10. The summed E-state index contributed by atoms with van der Waals surface area (Å²) in [6.45, 7) is 0. The van der Waals surface area contributed by atoms with Crippen molar-refractivity contribution in [3.63, 3.8) is 0 Å². The maximum absolute atomic E-state index is 6.37. The lowest BCUT2D eigenvalue weighted by molar-refractivity contribution is 0.669. The first kappa shape index (κ1) is 32.0. The number of benzene rings is 10. The lowest BCUT2D eigenvalue weighted by atomic mass is 9.88. The standard InChI is InChI=1S/C54H35NO/c1-3-13-36(14-4-1)37-25-27-38(28-26-37)39-29-31-42(32-30-39)55(41-16-5-2-6-17-41)43-18-11-15-40(35-43)44-22-12-23-46-48-33-34-51-54(49-21-9-10-24-50(49)56-51)53(48)47-20-8-7-19-45(47)52(44)46/h1-35H. The minimum Gasteiger partial charge on any atom is -0.456 e. The molecule has 0 radical (unpaired) electrons. The van der Waals surface area contributed by atoms with Crippen molar-refractivity contribution in [3.05, 3.63) is 212 Å². The molecule has 0 aliphatic heterocycles. The third-order valence-corrected chi connectivity index (χ3v) is 11.2. The van der Waals surface area contributed by atoms with Gasteiger partial charge in [0.1, 0.15) is 11.2 Å². The number of furan rings is 1. The van der Waals surface area contributed by atoms with Crippen LogP contribution in [-0.4, -0.2) is 0 Å². The van der Waals surface area contributed by atoms with E-state index in [1.165, 1.54) is 71.1 Å². The van der Waals surface area contributed by atoms with Crippen LogP contribution in [0, 0.1) is 0 Å². The second kappa shape index (κ2) is 13.2. The second-order valence-corrected chi connectivity index (χ2v) is 14.4. The quantitative estimate of drug-likeness (QED) is 0.160. The van der Waals surface area contributed by atoms with Crippen LogP contribution in [0.3, 0.4) is 0 Å². The fourth-order valence-corrected chi connectivity index (χ4v) is 8.67. The van der Waals surface area contributed by atoms with Gasteiger partial charge in [-0.25, -0.2) is 0 Å². The van der Waals surface area contributed by atoms with Crippen LogP contribution in [0.1, 0.15) is 0 Å². The van der Waals surface area contributed by atoms with E-state index in [9.17, 15) is 0 Å². The molecule has 0 saturated carbocycles. The molecule has 0 aliphatic carbocycles. The maximum Gasteiger partial charge on any atom is 0.136 e. The monoisotopic (exact) mass is 713 g/mol. The molecule has 0 unspecified atom stereocenters. The Bertz CT molecular complexity index is 3190. The summed E-state index contributed by atoms with van der Waals surface area (Å²) in [6.07, 6.45) is 0. The topological polar surface area (TPSA) is 16.4 Å². The van der Waals surface area contributed by atoms with E-state index >= 15 is 0 Å². The van der Waals surface area contributed by atoms with Crippen LogP contribution in [-0.2, 0) is 0 Å². The average molecular weight is 714 g/mol. The maximum atomic E-state index is 6.37. The van der Waals surface area contributed by atoms with Crippen molar-refractivity contribution in [2.24, 2.45) is 0 Å². The van der Waals surface area contributed by atoms with Crippen LogP contribution in [0.2, 0.25) is 0 Å². The molecular weight excluding hydrogens is 679 g/mol. The van der Waals surface area contributed by atoms with Crippen molar-refractivity contribution >= 4 is 71.3 Å². The van der Waals surface area contributed by atoms with E-state index in [4.69, 9.17) is 4.42 Å². The molecule has 0 aliphatic rings. The van der Waals surface area contributed by atoms with Crippen LogP contribution < -0.4 is 4.90 Å². The van der Waals surface area contributed by atoms with Gasteiger partial charge >= 0.3 is 0 Å². The summed E-state index contributed by atoms with van der Waals surface area (Å²) < 4.78 is 6.37. The van der Waals surface area contributed by atoms with Crippen LogP contribution >= 0.6 is 0 Å². The molecule has 0 atom stereocenters. The van der Waals surface area contributed by atoms with Crippen molar-refractivity contribution in [1.82, 2.24) is 0 Å². The lowest BCUT2D eigenvalue weighted by Crippen LogP contribution is -2.09. The van der Waals surface area contributed by atoms with Crippen molar-refractivity contribution < 1.29 is 4.42 Å². The number of nitrogens with zero attached hydrogens (tertiary/aromatic N) is 1. The average Bonchev–Trinajstić information content (AvgIpc) is 3.66. The summed E-state index contributed by atoms with van der Waals surface area (Å²) in [5.74, 6) is 0. The van der Waals surface area contributed by atoms with Crippen LogP contribution in [0.15, 0.2) is 217 Å². The van der Waals surface area contributed by atoms with Crippen LogP contribution in [0.5, 0.6) is 0 Å². The lowest BCUT2D eigenvalue weighted by Gasteiger charge is -2.26. The highest BCUT2D eigenvalue weighted by Gasteiger charge is 2.19. The summed E-state index contributed by atoms with van der Waals surface area (Å²) in [7, 11) is 0. The Morgan fingerprint density at radius 1 is 0.268 bits per heavy atom. The predicted molar refractivity (Wildman–Crippen MR) is 237 cm³/mol. The Hall–Kier alpha value is -7.42. The van der Waals surface area contributed by atoms with E-state index in [0.717, 1.165) is 33.6 Å². The number of hydrogen-bond donors (Lipinski definition) is 0. The molecule has 2 heteroatoms. The van der Waals surface area contributed by atoms with Crippen LogP contribution in [0.25, 0.3) is 87.6 Å². The normalized spacial score (nSPS) is 11.6. The van der Waals surface area contributed by atoms with Gasteiger partial charge in [0.05, 0.1) is 0 Å². The molecule has 10 aromatic carbocycles. The van der Waals surface area contributed by atoms with Gasteiger partial charge in [-0.1, -0.05) is 158 Å². The fraction of sp³-hybridized carbons (Fsp3) is 0. The molecule has 11 rings (SSSR count). The summed E-state index contributed by atoms with van der Waals surface area (Å²) >= 11 is 0. The van der Waals surface area contributed by atoms with E-state index in [-0.39, 0.29) is 0 Å². The Morgan fingerprint density at radius 2 is 0.750 bits per heavy atom. The Morgan fingerprint density at radius 3 is 1.46 bits per heavy atom. The Kier molecular flexibility index (Phi) is 7.53. The van der Waals surface area contributed by atoms with E-state index in [1.807, 2.05) is 6.07 Å². The van der Waals surface area contributed by atoms with Gasteiger partial charge in [0.15, 0.2) is 0 Å². The van der Waals surface area contributed by atoms with Gasteiger partial charge in [0, 0.05) is 33.2 Å². The molecule has 1 heterocycles. The fourth-order valence-electron chi connectivity index (χ4n) is 8.67. The van der Waals surface area contributed by atoms with Gasteiger partial charge in [-0.05, 0) is 115 Å². The summed E-state index contributed by atoms with van der Waals surface area (Å²) in [5, 5.41) is 9.77. The molecule has 56 heavy (non-hydrogen) atoms. The summed E-state index contributed by atoms with van der Waals surface area (Å²) in [4.78, 5) is 2.35. The highest BCUT2D eigenvalue weighted by molar-refractivity contribution is 6.36. The summed E-state index contributed by atoms with van der Waals surface area (Å²) in [5.41, 5.74) is 12.4. The van der Waals surface area contributed by atoms with E-state index in [2.05, 4.69) is 211 Å². The molecule has 11 aromatic rings. The minimum atomic E-state index is 0.917. The predicted octanol–water partition coefficient (Wildman–Crippen LogP) is 15.5. The molecule has 1 aromatic heterocycles. The minimum absolute atomic E-state index is 0.917. The molecule has 0 N–H and O–H groups in total. The molecular formula is C54H35NO. The Labute approximate surface area is 325 Å². The highest BCUT2D eigenvalue weighted by Crippen LogP contribution is 2.46. The second-order valence-electron chi connectivity index (χ2n) is 14.4. The van der Waals surface area contributed by atoms with Gasteiger partial charge < -0.3 is 9.32 Å². The van der Waals surface area contributed by atoms with E-state index in [1.54, 1.807) is 0 Å². The molecule has 0 bridgehead atoms.